The molecule has 0 saturated heterocycles. The highest BCUT2D eigenvalue weighted by molar-refractivity contribution is 7.80. The van der Waals surface area contributed by atoms with Crippen molar-refractivity contribution in [3.63, 3.8) is 0 Å². The van der Waals surface area contributed by atoms with Gasteiger partial charge in [0.2, 0.25) is 0 Å². The van der Waals surface area contributed by atoms with Crippen molar-refractivity contribution in [1.29, 1.82) is 0 Å². The number of anilines is 1. The zero-order chi connectivity index (χ0) is 13.8. The number of nitrogens with zero attached hydrogens (tertiary/aromatic N) is 1. The Balaban J connectivity index is 1.85. The average Bonchev–Trinajstić information content (AvgIpc) is 3.17. The largest absolute Gasteiger partial charge is 0.389 e. The summed E-state index contributed by atoms with van der Waals surface area (Å²) in [5.74, 6) is 0.810. The number of hydrogen-bond donors (Lipinski definition) is 1. The van der Waals surface area contributed by atoms with Gasteiger partial charge in [0.15, 0.2) is 0 Å². The van der Waals surface area contributed by atoms with Crippen molar-refractivity contribution in [3.8, 4) is 0 Å². The molecular weight excluding hydrogens is 280 g/mol. The van der Waals surface area contributed by atoms with E-state index in [1.807, 2.05) is 25.2 Å². The van der Waals surface area contributed by atoms with Crippen LogP contribution in [0.15, 0.2) is 18.2 Å². The van der Waals surface area contributed by atoms with E-state index in [1.54, 1.807) is 0 Å². The van der Waals surface area contributed by atoms with E-state index in [1.165, 1.54) is 12.8 Å². The molecule has 3 nitrogen and oxygen atoms in total. The number of hydrogen-bond acceptors (Lipinski definition) is 3. The zero-order valence-electron chi connectivity index (χ0n) is 11.1. The van der Waals surface area contributed by atoms with Crippen LogP contribution in [-0.2, 0) is 4.74 Å². The fourth-order valence-electron chi connectivity index (χ4n) is 1.81. The molecule has 1 aliphatic carbocycles. The zero-order valence-corrected chi connectivity index (χ0v) is 12.6. The Morgan fingerprint density at radius 2 is 2.26 bits per heavy atom. The maximum absolute atomic E-state index is 6.15. The lowest BCUT2D eigenvalue weighted by Crippen LogP contribution is -2.23. The van der Waals surface area contributed by atoms with Crippen molar-refractivity contribution in [3.05, 3.63) is 28.8 Å². The van der Waals surface area contributed by atoms with Crippen molar-refractivity contribution >= 4 is 34.5 Å². The second-order valence-electron chi connectivity index (χ2n) is 4.97. The van der Waals surface area contributed by atoms with Crippen LogP contribution in [0.1, 0.15) is 18.4 Å². The van der Waals surface area contributed by atoms with E-state index in [9.17, 15) is 0 Å². The maximum Gasteiger partial charge on any atom is 0.105 e. The lowest BCUT2D eigenvalue weighted by atomic mass is 10.2. The topological polar surface area (TPSA) is 38.5 Å². The second kappa shape index (κ2) is 6.55. The first-order valence-corrected chi connectivity index (χ1v) is 7.25. The van der Waals surface area contributed by atoms with E-state index >= 15 is 0 Å². The first kappa shape index (κ1) is 14.6. The van der Waals surface area contributed by atoms with Gasteiger partial charge in [-0.05, 0) is 37.0 Å². The molecule has 0 spiro atoms. The van der Waals surface area contributed by atoms with E-state index in [4.69, 9.17) is 34.3 Å². The highest BCUT2D eigenvalue weighted by Crippen LogP contribution is 2.28. The van der Waals surface area contributed by atoms with Gasteiger partial charge < -0.3 is 15.4 Å². The summed E-state index contributed by atoms with van der Waals surface area (Å²) in [7, 11) is 2.02. The predicted octanol–water partition coefficient (Wildman–Crippen LogP) is 2.84. The summed E-state index contributed by atoms with van der Waals surface area (Å²) in [5, 5.41) is 0.593. The summed E-state index contributed by atoms with van der Waals surface area (Å²) in [6.07, 6.45) is 2.65. The molecule has 0 radical (unpaired) electrons. The lowest BCUT2D eigenvalue weighted by molar-refractivity contribution is 0.131. The van der Waals surface area contributed by atoms with Crippen LogP contribution in [0.25, 0.3) is 0 Å². The summed E-state index contributed by atoms with van der Waals surface area (Å²) in [5.41, 5.74) is 7.35. The van der Waals surface area contributed by atoms with Crippen LogP contribution in [0.2, 0.25) is 5.02 Å². The van der Waals surface area contributed by atoms with Crippen LogP contribution >= 0.6 is 23.8 Å². The molecule has 2 N–H and O–H groups in total. The van der Waals surface area contributed by atoms with Gasteiger partial charge in [0.1, 0.15) is 4.99 Å². The number of likely N-dealkylation sites (N-methyl/N-ethyl adjacent to an activating group) is 1. The molecule has 0 unspecified atom stereocenters. The summed E-state index contributed by atoms with van der Waals surface area (Å²) in [4.78, 5) is 2.44. The molecule has 1 saturated carbocycles. The third-order valence-corrected chi connectivity index (χ3v) is 3.81. The Hall–Kier alpha value is -0.840. The number of thiocarbonyl (C=S) groups is 1. The Labute approximate surface area is 124 Å². The molecular formula is C14H19ClN2OS. The van der Waals surface area contributed by atoms with Crippen LogP contribution < -0.4 is 10.6 Å². The fourth-order valence-corrected chi connectivity index (χ4v) is 2.32. The Morgan fingerprint density at radius 3 is 2.84 bits per heavy atom. The van der Waals surface area contributed by atoms with Crippen molar-refractivity contribution in [2.24, 2.45) is 11.7 Å². The standard InChI is InChI=1S/C14H19ClN2OS/c1-17(6-7-18-9-10-2-3-10)11-4-5-12(14(16)19)13(15)8-11/h4-5,8,10H,2-3,6-7,9H2,1H3,(H2,16,19). The number of ether oxygens (including phenoxy) is 1. The van der Waals surface area contributed by atoms with Crippen LogP contribution in [-0.4, -0.2) is 31.8 Å². The Kier molecular flexibility index (Phi) is 5.02. The quantitative estimate of drug-likeness (QED) is 0.620. The first-order valence-electron chi connectivity index (χ1n) is 6.46. The number of halogens is 1. The molecule has 1 aromatic rings. The smallest absolute Gasteiger partial charge is 0.105 e. The molecule has 1 fully saturated rings. The van der Waals surface area contributed by atoms with E-state index in [0.29, 0.717) is 10.0 Å². The lowest BCUT2D eigenvalue weighted by Gasteiger charge is -2.20. The minimum absolute atomic E-state index is 0.326. The van der Waals surface area contributed by atoms with Gasteiger partial charge in [-0.15, -0.1) is 0 Å². The van der Waals surface area contributed by atoms with Gasteiger partial charge in [-0.1, -0.05) is 23.8 Å². The van der Waals surface area contributed by atoms with Crippen molar-refractivity contribution in [2.75, 3.05) is 31.7 Å². The third kappa shape index (κ3) is 4.34. The van der Waals surface area contributed by atoms with Gasteiger partial charge in [0, 0.05) is 31.5 Å². The first-order chi connectivity index (χ1) is 9.08. The number of benzene rings is 1. The van der Waals surface area contributed by atoms with E-state index in [0.717, 1.165) is 36.9 Å². The van der Waals surface area contributed by atoms with Crippen molar-refractivity contribution in [1.82, 2.24) is 0 Å². The Morgan fingerprint density at radius 1 is 1.53 bits per heavy atom. The maximum atomic E-state index is 6.15. The molecule has 0 aliphatic heterocycles. The SMILES string of the molecule is CN(CCOCC1CC1)c1ccc(C(N)=S)c(Cl)c1. The number of nitrogens with two attached hydrogens (primary N) is 1. The van der Waals surface area contributed by atoms with Gasteiger partial charge >= 0.3 is 0 Å². The molecule has 5 heteroatoms. The minimum atomic E-state index is 0.326. The molecule has 1 aliphatic rings. The van der Waals surface area contributed by atoms with Crippen molar-refractivity contribution < 1.29 is 4.74 Å². The molecule has 1 aromatic carbocycles. The van der Waals surface area contributed by atoms with Crippen LogP contribution in [0.4, 0.5) is 5.69 Å². The summed E-state index contributed by atoms with van der Waals surface area (Å²) >= 11 is 11.1. The third-order valence-electron chi connectivity index (χ3n) is 3.28. The highest BCUT2D eigenvalue weighted by Gasteiger charge is 2.20. The highest BCUT2D eigenvalue weighted by atomic mass is 35.5. The molecule has 0 aromatic heterocycles. The molecule has 0 atom stereocenters. The average molecular weight is 299 g/mol. The molecule has 19 heavy (non-hydrogen) atoms. The summed E-state index contributed by atoms with van der Waals surface area (Å²) in [6, 6.07) is 5.72. The summed E-state index contributed by atoms with van der Waals surface area (Å²) in [6.45, 7) is 2.48. The van der Waals surface area contributed by atoms with Crippen LogP contribution in [0.5, 0.6) is 0 Å². The minimum Gasteiger partial charge on any atom is -0.389 e. The van der Waals surface area contributed by atoms with Gasteiger partial charge in [-0.3, -0.25) is 0 Å². The Bertz CT molecular complexity index is 463. The van der Waals surface area contributed by atoms with Gasteiger partial charge in [-0.25, -0.2) is 0 Å². The predicted molar refractivity (Wildman–Crippen MR) is 84.2 cm³/mol. The van der Waals surface area contributed by atoms with Crippen LogP contribution in [0, 0.1) is 5.92 Å². The second-order valence-corrected chi connectivity index (χ2v) is 5.82. The van der Waals surface area contributed by atoms with Crippen LogP contribution in [0.3, 0.4) is 0 Å². The van der Waals surface area contributed by atoms with Gasteiger partial charge in [0.05, 0.1) is 11.6 Å². The molecule has 0 bridgehead atoms. The number of rotatable bonds is 7. The monoisotopic (exact) mass is 298 g/mol. The van der Waals surface area contributed by atoms with E-state index < -0.39 is 0 Å². The summed E-state index contributed by atoms with van der Waals surface area (Å²) < 4.78 is 5.63. The molecule has 0 heterocycles. The van der Waals surface area contributed by atoms with Gasteiger partial charge in [0.25, 0.3) is 0 Å². The molecule has 104 valence electrons. The fraction of sp³-hybridized carbons (Fsp3) is 0.500. The normalized spacial score (nSPS) is 14.4. The molecule has 2 rings (SSSR count). The van der Waals surface area contributed by atoms with Gasteiger partial charge in [-0.2, -0.15) is 0 Å². The van der Waals surface area contributed by atoms with E-state index in [-0.39, 0.29) is 0 Å². The van der Waals surface area contributed by atoms with E-state index in [2.05, 4.69) is 4.90 Å². The van der Waals surface area contributed by atoms with Crippen molar-refractivity contribution in [2.45, 2.75) is 12.8 Å². The molecule has 0 amide bonds.